The number of amides is 1. The maximum atomic E-state index is 12.6. The summed E-state index contributed by atoms with van der Waals surface area (Å²) < 4.78 is 0. The van der Waals surface area contributed by atoms with Crippen LogP contribution in [0.3, 0.4) is 0 Å². The molecule has 6 heteroatoms. The normalized spacial score (nSPS) is 18.6. The van der Waals surface area contributed by atoms with E-state index in [0.29, 0.717) is 29.0 Å². The Kier molecular flexibility index (Phi) is 5.82. The highest BCUT2D eigenvalue weighted by Gasteiger charge is 2.26. The lowest BCUT2D eigenvalue weighted by molar-refractivity contribution is 0.0648. The fourth-order valence-corrected chi connectivity index (χ4v) is 2.88. The van der Waals surface area contributed by atoms with Gasteiger partial charge in [0.1, 0.15) is 11.5 Å². The molecular weight excluding hydrogens is 290 g/mol. The van der Waals surface area contributed by atoms with E-state index >= 15 is 0 Å². The number of pyridine rings is 1. The van der Waals surface area contributed by atoms with Crippen LogP contribution in [-0.4, -0.2) is 47.1 Å². The quantitative estimate of drug-likeness (QED) is 0.876. The molecule has 0 radical (unpaired) electrons. The fraction of sp³-hybridized carbons (Fsp3) is 0.600. The predicted octanol–water partition coefficient (Wildman–Crippen LogP) is 2.40. The summed E-state index contributed by atoms with van der Waals surface area (Å²) in [5, 5.41) is 12.5. The molecule has 5 nitrogen and oxygen atoms in total. The Labute approximate surface area is 130 Å². The number of anilines is 1. The zero-order chi connectivity index (χ0) is 15.2. The molecule has 1 saturated heterocycles. The molecule has 1 aliphatic heterocycles. The summed E-state index contributed by atoms with van der Waals surface area (Å²) in [5.41, 5.74) is 0.305. The number of halogens is 1. The second kappa shape index (κ2) is 7.61. The molecule has 1 amide bonds. The summed E-state index contributed by atoms with van der Waals surface area (Å²) in [6, 6.07) is 3.47. The monoisotopic (exact) mass is 311 g/mol. The van der Waals surface area contributed by atoms with Crippen molar-refractivity contribution in [1.82, 2.24) is 9.88 Å². The van der Waals surface area contributed by atoms with Gasteiger partial charge in [-0.2, -0.15) is 0 Å². The van der Waals surface area contributed by atoms with Crippen molar-refractivity contribution < 1.29 is 9.90 Å². The van der Waals surface area contributed by atoms with E-state index in [1.54, 1.807) is 17.0 Å². The molecule has 2 heterocycles. The molecule has 1 fully saturated rings. The smallest absolute Gasteiger partial charge is 0.274 e. The number of piperidine rings is 1. The zero-order valence-electron chi connectivity index (χ0n) is 12.3. The molecule has 1 atom stereocenters. The van der Waals surface area contributed by atoms with Gasteiger partial charge in [0.2, 0.25) is 0 Å². The molecule has 1 aliphatic rings. The average molecular weight is 312 g/mol. The highest BCUT2D eigenvalue weighted by atomic mass is 35.5. The Balaban J connectivity index is 2.13. The molecule has 0 aliphatic carbocycles. The molecule has 1 unspecified atom stereocenters. The van der Waals surface area contributed by atoms with Gasteiger partial charge in [0.25, 0.3) is 5.91 Å². The van der Waals surface area contributed by atoms with Gasteiger partial charge < -0.3 is 15.3 Å². The van der Waals surface area contributed by atoms with Gasteiger partial charge in [0.15, 0.2) is 0 Å². The van der Waals surface area contributed by atoms with E-state index in [1.165, 1.54) is 0 Å². The highest BCUT2D eigenvalue weighted by Crippen LogP contribution is 2.23. The minimum Gasteiger partial charge on any atom is -0.396 e. The maximum absolute atomic E-state index is 12.6. The first-order valence-corrected chi connectivity index (χ1v) is 7.84. The van der Waals surface area contributed by atoms with Crippen LogP contribution in [0.5, 0.6) is 0 Å². The number of hydrogen-bond donors (Lipinski definition) is 2. The Morgan fingerprint density at radius 2 is 2.38 bits per heavy atom. The van der Waals surface area contributed by atoms with Crippen molar-refractivity contribution in [2.24, 2.45) is 5.92 Å². The molecule has 2 N–H and O–H groups in total. The first kappa shape index (κ1) is 16.0. The minimum absolute atomic E-state index is 0.123. The Hall–Kier alpha value is -1.33. The van der Waals surface area contributed by atoms with Gasteiger partial charge >= 0.3 is 0 Å². The molecule has 21 heavy (non-hydrogen) atoms. The van der Waals surface area contributed by atoms with Crippen molar-refractivity contribution in [3.05, 3.63) is 22.8 Å². The summed E-state index contributed by atoms with van der Waals surface area (Å²) >= 11 is 6.13. The molecule has 116 valence electrons. The van der Waals surface area contributed by atoms with Crippen LogP contribution in [0.2, 0.25) is 5.02 Å². The molecule has 0 spiro atoms. The van der Waals surface area contributed by atoms with Crippen LogP contribution in [0.25, 0.3) is 0 Å². The van der Waals surface area contributed by atoms with Crippen molar-refractivity contribution in [3.63, 3.8) is 0 Å². The number of aliphatic hydroxyl groups is 1. The highest BCUT2D eigenvalue weighted by molar-refractivity contribution is 6.33. The van der Waals surface area contributed by atoms with Crippen molar-refractivity contribution in [3.8, 4) is 0 Å². The van der Waals surface area contributed by atoms with E-state index in [-0.39, 0.29) is 12.5 Å². The number of aliphatic hydroxyl groups excluding tert-OH is 1. The second-order valence-electron chi connectivity index (χ2n) is 5.33. The van der Waals surface area contributed by atoms with Crippen LogP contribution < -0.4 is 5.32 Å². The number of carbonyl (C=O) groups is 1. The summed E-state index contributed by atoms with van der Waals surface area (Å²) in [6.45, 7) is 4.28. The summed E-state index contributed by atoms with van der Waals surface area (Å²) in [7, 11) is 0. The number of carbonyl (C=O) groups excluding carboxylic acids is 1. The number of nitrogens with zero attached hydrogens (tertiary/aromatic N) is 2. The summed E-state index contributed by atoms with van der Waals surface area (Å²) in [5.74, 6) is 0.903. The van der Waals surface area contributed by atoms with E-state index in [1.807, 2.05) is 6.92 Å². The number of aromatic nitrogens is 1. The summed E-state index contributed by atoms with van der Waals surface area (Å²) in [6.07, 6.45) is 2.76. The first-order valence-electron chi connectivity index (χ1n) is 7.46. The van der Waals surface area contributed by atoms with E-state index in [4.69, 9.17) is 16.7 Å². The van der Waals surface area contributed by atoms with E-state index in [0.717, 1.165) is 32.4 Å². The third-order valence-electron chi connectivity index (χ3n) is 3.75. The Bertz CT molecular complexity index is 494. The third-order valence-corrected chi connectivity index (χ3v) is 4.06. The number of rotatable bonds is 5. The van der Waals surface area contributed by atoms with E-state index < -0.39 is 0 Å². The minimum atomic E-state index is -0.123. The fourth-order valence-electron chi connectivity index (χ4n) is 2.69. The van der Waals surface area contributed by atoms with E-state index in [2.05, 4.69) is 10.3 Å². The Morgan fingerprint density at radius 1 is 1.57 bits per heavy atom. The largest absolute Gasteiger partial charge is 0.396 e. The molecular formula is C15H22ClN3O2. The second-order valence-corrected chi connectivity index (χ2v) is 5.74. The van der Waals surface area contributed by atoms with Crippen LogP contribution in [0.4, 0.5) is 5.82 Å². The zero-order valence-corrected chi connectivity index (χ0v) is 13.1. The van der Waals surface area contributed by atoms with Crippen LogP contribution in [0, 0.1) is 5.92 Å². The van der Waals surface area contributed by atoms with Gasteiger partial charge in [-0.3, -0.25) is 4.79 Å². The lowest BCUT2D eigenvalue weighted by Gasteiger charge is -2.32. The van der Waals surface area contributed by atoms with Crippen LogP contribution >= 0.6 is 11.6 Å². The van der Waals surface area contributed by atoms with Gasteiger partial charge in [0, 0.05) is 26.2 Å². The summed E-state index contributed by atoms with van der Waals surface area (Å²) in [4.78, 5) is 18.7. The van der Waals surface area contributed by atoms with Gasteiger partial charge in [-0.15, -0.1) is 0 Å². The lowest BCUT2D eigenvalue weighted by atomic mass is 9.95. The van der Waals surface area contributed by atoms with Crippen LogP contribution in [-0.2, 0) is 0 Å². The van der Waals surface area contributed by atoms with Crippen LogP contribution in [0.15, 0.2) is 12.1 Å². The molecule has 2 rings (SSSR count). The molecule has 0 aromatic carbocycles. The first-order chi connectivity index (χ1) is 10.2. The average Bonchev–Trinajstić information content (AvgIpc) is 2.49. The van der Waals surface area contributed by atoms with Crippen molar-refractivity contribution in [1.29, 1.82) is 0 Å². The molecule has 0 saturated carbocycles. The topological polar surface area (TPSA) is 65.5 Å². The molecule has 1 aromatic heterocycles. The number of likely N-dealkylation sites (tertiary alicyclic amines) is 1. The van der Waals surface area contributed by atoms with Crippen molar-refractivity contribution in [2.75, 3.05) is 31.6 Å². The standard InChI is InChI=1S/C15H22ClN3O2/c1-2-17-13-6-5-12(16)14(18-13)15(21)19-8-3-4-11(10-19)7-9-20/h5-6,11,20H,2-4,7-10H2,1H3,(H,17,18). The van der Waals surface area contributed by atoms with Gasteiger partial charge in [-0.25, -0.2) is 4.98 Å². The molecule has 0 bridgehead atoms. The van der Waals surface area contributed by atoms with Crippen molar-refractivity contribution >= 4 is 23.3 Å². The van der Waals surface area contributed by atoms with E-state index in [9.17, 15) is 4.79 Å². The lowest BCUT2D eigenvalue weighted by Crippen LogP contribution is -2.40. The number of hydrogen-bond acceptors (Lipinski definition) is 4. The van der Waals surface area contributed by atoms with Gasteiger partial charge in [-0.1, -0.05) is 11.6 Å². The Morgan fingerprint density at radius 3 is 3.10 bits per heavy atom. The maximum Gasteiger partial charge on any atom is 0.274 e. The van der Waals surface area contributed by atoms with Crippen LogP contribution in [0.1, 0.15) is 36.7 Å². The third kappa shape index (κ3) is 4.08. The molecule has 1 aromatic rings. The SMILES string of the molecule is CCNc1ccc(Cl)c(C(=O)N2CCCC(CCO)C2)n1. The van der Waals surface area contributed by atoms with Crippen molar-refractivity contribution in [2.45, 2.75) is 26.2 Å². The predicted molar refractivity (Wildman–Crippen MR) is 83.7 cm³/mol. The number of nitrogens with one attached hydrogen (secondary N) is 1. The van der Waals surface area contributed by atoms with Gasteiger partial charge in [0.05, 0.1) is 5.02 Å². The van der Waals surface area contributed by atoms with Gasteiger partial charge in [-0.05, 0) is 44.2 Å².